The van der Waals surface area contributed by atoms with E-state index in [0.29, 0.717) is 60.5 Å². The molecule has 2 radical (unpaired) electrons. The van der Waals surface area contributed by atoms with Crippen LogP contribution in [0.4, 0.5) is 0 Å². The zero-order chi connectivity index (χ0) is 48.8. The summed E-state index contributed by atoms with van der Waals surface area (Å²) in [6, 6.07) is 0. The van der Waals surface area contributed by atoms with Crippen molar-refractivity contribution >= 4 is 70.4 Å². The second-order valence-corrected chi connectivity index (χ2v) is 85.0. The van der Waals surface area contributed by atoms with Crippen molar-refractivity contribution in [3.8, 4) is 2.98 Å². The van der Waals surface area contributed by atoms with Crippen molar-refractivity contribution in [1.29, 1.82) is 0 Å². The molecule has 58 heavy (non-hydrogen) atoms. The zero-order valence-electron chi connectivity index (χ0n) is 48.0. The van der Waals surface area contributed by atoms with Gasteiger partial charge in [0.05, 0.1) is 15.2 Å². The average Bonchev–Trinajstić information content (AvgIpc) is 2.73. The molecular formula is C51H114PbSi6. The Labute approximate surface area is 393 Å². The van der Waals surface area contributed by atoms with Crippen molar-refractivity contribution in [3.05, 3.63) is 0 Å². The van der Waals surface area contributed by atoms with Gasteiger partial charge in [-0.2, -0.15) is 0 Å². The van der Waals surface area contributed by atoms with Crippen molar-refractivity contribution in [2.24, 2.45) is 0 Å². The molecule has 7 heteroatoms. The molecule has 0 aliphatic heterocycles. The Balaban J connectivity index is 0. The van der Waals surface area contributed by atoms with Gasteiger partial charge in [-0.25, -0.2) is 0 Å². The van der Waals surface area contributed by atoms with Crippen LogP contribution in [0.2, 0.25) is 73.6 Å². The summed E-state index contributed by atoms with van der Waals surface area (Å²) in [5.41, 5.74) is 0. The van der Waals surface area contributed by atoms with Crippen LogP contribution >= 0.6 is 0 Å². The maximum Gasteiger partial charge on any atom is 0.0580 e. The van der Waals surface area contributed by atoms with Gasteiger partial charge in [0.15, 0.2) is 0 Å². The molecule has 0 spiro atoms. The largest absolute Gasteiger partial charge is 0.0749 e. The van der Waals surface area contributed by atoms with Gasteiger partial charge >= 0.3 is 212 Å². The molecule has 0 unspecified atom stereocenters. The summed E-state index contributed by atoms with van der Waals surface area (Å²) in [5.74, 6) is 0. The molecule has 0 amide bonds. The van der Waals surface area contributed by atoms with E-state index in [-0.39, 0.29) is 0 Å². The summed E-state index contributed by atoms with van der Waals surface area (Å²) in [6.45, 7) is 99.8. The van der Waals surface area contributed by atoms with Gasteiger partial charge in [0, 0.05) is 7.83 Å². The molecule has 0 aromatic carbocycles. The Morgan fingerprint density at radius 2 is 0.397 bits per heavy atom. The molecule has 0 aliphatic carbocycles. The Morgan fingerprint density at radius 3 is 0.466 bits per heavy atom. The van der Waals surface area contributed by atoms with Gasteiger partial charge in [-0.3, -0.25) is 0 Å². The predicted molar refractivity (Wildman–Crippen MR) is 292 cm³/mol. The first-order valence-electron chi connectivity index (χ1n) is 23.5. The van der Waals surface area contributed by atoms with E-state index in [9.17, 15) is 0 Å². The van der Waals surface area contributed by atoms with Crippen LogP contribution in [0.5, 0.6) is 0 Å². The summed E-state index contributed by atoms with van der Waals surface area (Å²) in [4.78, 5) is 0. The second kappa shape index (κ2) is 17.0. The molecule has 0 fully saturated rings. The monoisotopic (exact) mass is 1100 g/mol. The summed E-state index contributed by atoms with van der Waals surface area (Å²) < 4.78 is 4.50. The van der Waals surface area contributed by atoms with E-state index in [1.165, 1.54) is 0 Å². The van der Waals surface area contributed by atoms with Gasteiger partial charge in [0.25, 0.3) is 0 Å². The summed E-state index contributed by atoms with van der Waals surface area (Å²) in [5, 5.41) is 4.22. The molecule has 0 heterocycles. The fraction of sp³-hybridized carbons (Fsp3) is 0.980. The Morgan fingerprint density at radius 1 is 0.276 bits per heavy atom. The van der Waals surface area contributed by atoms with Crippen molar-refractivity contribution in [2.45, 2.75) is 323 Å². The van der Waals surface area contributed by atoms with E-state index in [4.69, 9.17) is 0 Å². The minimum atomic E-state index is -2.01. The molecule has 0 bridgehead atoms. The van der Waals surface area contributed by atoms with Crippen molar-refractivity contribution in [1.82, 2.24) is 0 Å². The Bertz CT molecular complexity index is 1170. The molecule has 346 valence electrons. The van der Waals surface area contributed by atoms with Crippen LogP contribution in [-0.2, 0) is 0 Å². The summed E-state index contributed by atoms with van der Waals surface area (Å²) >= 11 is 1.09. The molecule has 0 nitrogen and oxygen atoms in total. The van der Waals surface area contributed by atoms with Gasteiger partial charge in [0.2, 0.25) is 0 Å². The van der Waals surface area contributed by atoms with E-state index >= 15 is 0 Å². The minimum absolute atomic E-state index is 0.321. The minimum Gasteiger partial charge on any atom is -0.0749 e. The zero-order valence-corrected chi connectivity index (χ0v) is 57.9. The normalized spacial score (nSPS) is 16.6. The van der Waals surface area contributed by atoms with Crippen LogP contribution in [-0.4, -0.2) is 70.4 Å². The number of hydrogen-bond donors (Lipinski definition) is 0. The van der Waals surface area contributed by atoms with E-state index in [1.807, 2.05) is 0 Å². The van der Waals surface area contributed by atoms with Crippen LogP contribution in [0, 0.1) is 2.98 Å². The van der Waals surface area contributed by atoms with Crippen LogP contribution in [0.1, 0.15) is 249 Å². The smallest absolute Gasteiger partial charge is 0.0580 e. The van der Waals surface area contributed by atoms with Gasteiger partial charge in [-0.05, 0) is 30.2 Å². The van der Waals surface area contributed by atoms with Crippen molar-refractivity contribution in [3.63, 3.8) is 0 Å². The van der Waals surface area contributed by atoms with Crippen molar-refractivity contribution < 1.29 is 0 Å². The second-order valence-electron chi connectivity index (χ2n) is 31.9. The quantitative estimate of drug-likeness (QED) is 0.246. The topological polar surface area (TPSA) is 0 Å². The predicted octanol–water partition coefficient (Wildman–Crippen LogP) is 19.6. The molecule has 0 rings (SSSR count). The third-order valence-corrected chi connectivity index (χ3v) is 118. The van der Waals surface area contributed by atoms with Crippen LogP contribution in [0.25, 0.3) is 0 Å². The van der Waals surface area contributed by atoms with Crippen LogP contribution in [0.3, 0.4) is 0 Å². The molecule has 0 saturated heterocycles. The van der Waals surface area contributed by atoms with Gasteiger partial charge in [-0.1, -0.05) is 131 Å². The molecular weight excluding hydrogens is 988 g/mol. The van der Waals surface area contributed by atoms with Crippen LogP contribution < -0.4 is 0 Å². The average molecular weight is 1100 g/mol. The van der Waals surface area contributed by atoms with Gasteiger partial charge < -0.3 is 0 Å². The third-order valence-electron chi connectivity index (χ3n) is 16.4. The standard InChI is InChI=1S/C26H57Si3.C25H57Si3.Pb/c1-21(2,3)28(22(4,5)6,23(7,8)9)27(19,20)29(24(10,11)12,25(13,14)15)26(16,17)18;1-20(2,3)27(21(4,5)6,22(7,8)9)26(19)28(23(10,11)12,24(13,14)15)25(16,17)18;/h1-19H3;1-19H3;. The van der Waals surface area contributed by atoms with E-state index < -0.39 is 45.3 Å². The first-order chi connectivity index (χ1) is 24.2. The van der Waals surface area contributed by atoms with E-state index in [2.05, 4.69) is 265 Å². The van der Waals surface area contributed by atoms with Crippen LogP contribution in [0.15, 0.2) is 0 Å². The third kappa shape index (κ3) is 9.22. The SMILES string of the molecule is CC(C)(C)[Si](C(C)(C)C)(C(C)(C)C)[Si](C)([C]#[Pb])[Si](C(C)(C)C)(C(C)(C)C)C(C)(C)C.C[Si]([Si](C(C)(C)C)(C(C)(C)C)C(C)(C)C)[Si](C(C)(C)C)(C(C)(C)C)C(C)(C)C. The molecule has 0 aromatic rings. The van der Waals surface area contributed by atoms with E-state index in [0.717, 1.165) is 25.1 Å². The fourth-order valence-electron chi connectivity index (χ4n) is 22.1. The van der Waals surface area contributed by atoms with Gasteiger partial charge in [-0.15, -0.1) is 0 Å². The molecule has 0 aromatic heterocycles. The van der Waals surface area contributed by atoms with E-state index in [1.54, 1.807) is 0 Å². The fourth-order valence-corrected chi connectivity index (χ4v) is 182. The Kier molecular flexibility index (Phi) is 18.2. The van der Waals surface area contributed by atoms with Gasteiger partial charge in [0.1, 0.15) is 0 Å². The molecule has 0 saturated carbocycles. The molecule has 0 aliphatic rings. The molecule has 0 atom stereocenters. The first-order valence-corrected chi connectivity index (χ1v) is 41.9. The number of hydrogen-bond acceptors (Lipinski definition) is 0. The molecule has 0 N–H and O–H groups in total. The maximum atomic E-state index is 4.50. The maximum absolute atomic E-state index is 4.50. The summed E-state index contributed by atoms with van der Waals surface area (Å²) in [7, 11) is -10.3. The first kappa shape index (κ1) is 62.1. The summed E-state index contributed by atoms with van der Waals surface area (Å²) in [6.07, 6.45) is 0. The Hall–Kier alpha value is 2.00. The number of rotatable bonds is 4. The van der Waals surface area contributed by atoms with Crippen molar-refractivity contribution in [2.75, 3.05) is 0 Å².